The number of benzene rings is 2. The van der Waals surface area contributed by atoms with Crippen LogP contribution in [0.2, 0.25) is 0 Å². The fourth-order valence-corrected chi connectivity index (χ4v) is 2.83. The van der Waals surface area contributed by atoms with Crippen molar-refractivity contribution in [2.45, 2.75) is 18.8 Å². The van der Waals surface area contributed by atoms with Gasteiger partial charge in [0.05, 0.1) is 6.10 Å². The minimum atomic E-state index is -0.513. The Hall–Kier alpha value is -1.78. The molecule has 0 amide bonds. The van der Waals surface area contributed by atoms with Gasteiger partial charge in [-0.2, -0.15) is 11.8 Å². The van der Waals surface area contributed by atoms with Crippen molar-refractivity contribution in [3.05, 3.63) is 65.7 Å². The third-order valence-corrected chi connectivity index (χ3v) is 4.28. The van der Waals surface area contributed by atoms with Gasteiger partial charge in [-0.1, -0.05) is 30.3 Å². The Morgan fingerprint density at radius 3 is 2.45 bits per heavy atom. The molecule has 1 unspecified atom stereocenters. The zero-order valence-corrected chi connectivity index (χ0v) is 13.4. The highest BCUT2D eigenvalue weighted by Crippen LogP contribution is 2.15. The van der Waals surface area contributed by atoms with E-state index in [1.165, 1.54) is 12.5 Å². The van der Waals surface area contributed by atoms with E-state index in [2.05, 4.69) is 12.1 Å². The second-order valence-corrected chi connectivity index (χ2v) is 6.08. The molecule has 0 saturated carbocycles. The Labute approximate surface area is 135 Å². The van der Waals surface area contributed by atoms with Crippen LogP contribution >= 0.6 is 11.8 Å². The lowest BCUT2D eigenvalue weighted by Gasteiger charge is -2.12. The number of thioether (sulfide) groups is 1. The van der Waals surface area contributed by atoms with Crippen molar-refractivity contribution in [1.82, 2.24) is 0 Å². The number of aliphatic hydroxyl groups is 1. The summed E-state index contributed by atoms with van der Waals surface area (Å²) in [7, 11) is 0. The van der Waals surface area contributed by atoms with Gasteiger partial charge in [0.25, 0.3) is 0 Å². The molecule has 0 fully saturated rings. The van der Waals surface area contributed by atoms with E-state index in [4.69, 9.17) is 4.74 Å². The largest absolute Gasteiger partial charge is 0.491 e. The molecule has 1 N–H and O–H groups in total. The van der Waals surface area contributed by atoms with Crippen LogP contribution in [0.25, 0.3) is 0 Å². The van der Waals surface area contributed by atoms with Gasteiger partial charge >= 0.3 is 0 Å². The summed E-state index contributed by atoms with van der Waals surface area (Å²) >= 11 is 1.68. The Balaban J connectivity index is 1.69. The second-order valence-electron chi connectivity index (χ2n) is 5.05. The first-order chi connectivity index (χ1) is 10.6. The van der Waals surface area contributed by atoms with Crippen LogP contribution in [0.15, 0.2) is 54.6 Å². The van der Waals surface area contributed by atoms with Gasteiger partial charge in [-0.3, -0.25) is 4.79 Å². The molecule has 0 aliphatic heterocycles. The summed E-state index contributed by atoms with van der Waals surface area (Å²) in [6.45, 7) is 1.78. The van der Waals surface area contributed by atoms with E-state index >= 15 is 0 Å². The third kappa shape index (κ3) is 5.54. The van der Waals surface area contributed by atoms with Crippen LogP contribution in [0.5, 0.6) is 5.75 Å². The number of hydrogen-bond donors (Lipinski definition) is 1. The molecular formula is C18H20O3S. The normalized spacial score (nSPS) is 11.9. The molecule has 0 aliphatic carbocycles. The van der Waals surface area contributed by atoms with Crippen LogP contribution in [0.1, 0.15) is 22.8 Å². The van der Waals surface area contributed by atoms with E-state index in [9.17, 15) is 9.90 Å². The minimum absolute atomic E-state index is 0.0314. The van der Waals surface area contributed by atoms with Gasteiger partial charge in [-0.25, -0.2) is 0 Å². The molecule has 1 atom stereocenters. The molecule has 4 heteroatoms. The summed E-state index contributed by atoms with van der Waals surface area (Å²) < 4.78 is 5.53. The molecule has 2 aromatic carbocycles. The molecule has 0 radical (unpaired) electrons. The molecule has 0 aliphatic rings. The summed E-state index contributed by atoms with van der Waals surface area (Å²) in [6.07, 6.45) is -0.513. The van der Waals surface area contributed by atoms with E-state index in [0.717, 1.165) is 5.75 Å². The van der Waals surface area contributed by atoms with Gasteiger partial charge in [0, 0.05) is 17.1 Å². The van der Waals surface area contributed by atoms with Gasteiger partial charge in [-0.15, -0.1) is 0 Å². The first-order valence-corrected chi connectivity index (χ1v) is 8.34. The first-order valence-electron chi connectivity index (χ1n) is 7.18. The van der Waals surface area contributed by atoms with Crippen LogP contribution in [0.4, 0.5) is 0 Å². The van der Waals surface area contributed by atoms with Gasteiger partial charge in [0.1, 0.15) is 12.4 Å². The van der Waals surface area contributed by atoms with E-state index in [0.29, 0.717) is 17.1 Å². The summed E-state index contributed by atoms with van der Waals surface area (Å²) in [4.78, 5) is 11.2. The molecule has 0 saturated heterocycles. The topological polar surface area (TPSA) is 46.5 Å². The van der Waals surface area contributed by atoms with Crippen molar-refractivity contribution in [3.8, 4) is 5.75 Å². The van der Waals surface area contributed by atoms with Crippen molar-refractivity contribution in [1.29, 1.82) is 0 Å². The molecule has 2 aromatic rings. The molecule has 0 aromatic heterocycles. The summed E-state index contributed by atoms with van der Waals surface area (Å²) in [5.41, 5.74) is 1.91. The monoisotopic (exact) mass is 316 g/mol. The van der Waals surface area contributed by atoms with Crippen LogP contribution in [-0.4, -0.2) is 29.4 Å². The highest BCUT2D eigenvalue weighted by Gasteiger charge is 2.06. The number of Topliss-reactive ketones (excluding diaryl/α,β-unsaturated/α-hetero) is 1. The Morgan fingerprint density at radius 2 is 1.82 bits per heavy atom. The molecule has 3 nitrogen and oxygen atoms in total. The van der Waals surface area contributed by atoms with Crippen molar-refractivity contribution in [2.24, 2.45) is 0 Å². The molecule has 0 spiro atoms. The van der Waals surface area contributed by atoms with Crippen LogP contribution < -0.4 is 4.74 Å². The van der Waals surface area contributed by atoms with Crippen molar-refractivity contribution < 1.29 is 14.6 Å². The van der Waals surface area contributed by atoms with Gasteiger partial charge in [0.2, 0.25) is 0 Å². The van der Waals surface area contributed by atoms with E-state index in [1.807, 2.05) is 18.2 Å². The van der Waals surface area contributed by atoms with Crippen molar-refractivity contribution in [2.75, 3.05) is 12.4 Å². The maximum Gasteiger partial charge on any atom is 0.159 e. The van der Waals surface area contributed by atoms with Gasteiger partial charge < -0.3 is 9.84 Å². The van der Waals surface area contributed by atoms with Crippen molar-refractivity contribution >= 4 is 17.5 Å². The number of aliphatic hydroxyl groups excluding tert-OH is 1. The Morgan fingerprint density at radius 1 is 1.14 bits per heavy atom. The van der Waals surface area contributed by atoms with Crippen LogP contribution in [0.3, 0.4) is 0 Å². The van der Waals surface area contributed by atoms with Crippen LogP contribution in [-0.2, 0) is 5.75 Å². The number of hydrogen-bond acceptors (Lipinski definition) is 4. The molecule has 0 heterocycles. The van der Waals surface area contributed by atoms with Gasteiger partial charge in [-0.05, 0) is 36.8 Å². The van der Waals surface area contributed by atoms with E-state index < -0.39 is 6.10 Å². The maximum absolute atomic E-state index is 11.2. The summed E-state index contributed by atoms with van der Waals surface area (Å²) in [5, 5.41) is 9.93. The van der Waals surface area contributed by atoms with Gasteiger partial charge in [0.15, 0.2) is 5.78 Å². The number of carbonyl (C=O) groups excluding carboxylic acids is 1. The first kappa shape index (κ1) is 16.6. The Bertz CT molecular complexity index is 581. The van der Waals surface area contributed by atoms with E-state index in [-0.39, 0.29) is 12.4 Å². The fraction of sp³-hybridized carbons (Fsp3) is 0.278. The zero-order chi connectivity index (χ0) is 15.8. The predicted octanol–water partition coefficient (Wildman–Crippen LogP) is 3.56. The maximum atomic E-state index is 11.2. The zero-order valence-electron chi connectivity index (χ0n) is 12.6. The average molecular weight is 316 g/mol. The standard InChI is InChI=1S/C18H20O3S/c1-14(19)16-7-9-18(10-8-16)21-11-17(20)13-22-12-15-5-3-2-4-6-15/h2-10,17,20H,11-13H2,1H3. The predicted molar refractivity (Wildman–Crippen MR) is 90.6 cm³/mol. The quantitative estimate of drug-likeness (QED) is 0.756. The lowest BCUT2D eigenvalue weighted by molar-refractivity contribution is 0.101. The molecule has 0 bridgehead atoms. The second kappa shape index (κ2) is 8.61. The lowest BCUT2D eigenvalue weighted by atomic mass is 10.1. The lowest BCUT2D eigenvalue weighted by Crippen LogP contribution is -2.20. The minimum Gasteiger partial charge on any atom is -0.491 e. The van der Waals surface area contributed by atoms with Crippen molar-refractivity contribution in [3.63, 3.8) is 0 Å². The number of ether oxygens (including phenoxy) is 1. The SMILES string of the molecule is CC(=O)c1ccc(OCC(O)CSCc2ccccc2)cc1. The molecular weight excluding hydrogens is 296 g/mol. The summed E-state index contributed by atoms with van der Waals surface area (Å²) in [5.74, 6) is 2.20. The number of rotatable bonds is 8. The Kier molecular flexibility index (Phi) is 6.49. The number of carbonyl (C=O) groups is 1. The smallest absolute Gasteiger partial charge is 0.159 e. The highest BCUT2D eigenvalue weighted by molar-refractivity contribution is 7.98. The molecule has 2 rings (SSSR count). The number of ketones is 1. The van der Waals surface area contributed by atoms with Crippen LogP contribution in [0, 0.1) is 0 Å². The third-order valence-electron chi connectivity index (χ3n) is 3.13. The van der Waals surface area contributed by atoms with E-state index in [1.54, 1.807) is 36.0 Å². The molecule has 22 heavy (non-hydrogen) atoms. The summed E-state index contributed by atoms with van der Waals surface area (Å²) in [6, 6.07) is 17.1. The average Bonchev–Trinajstić information content (AvgIpc) is 2.54. The molecule has 116 valence electrons. The fourth-order valence-electron chi connectivity index (χ4n) is 1.91. The highest BCUT2D eigenvalue weighted by atomic mass is 32.2.